The second kappa shape index (κ2) is 14.3. The quantitative estimate of drug-likeness (QED) is 0.302. The van der Waals surface area contributed by atoms with Gasteiger partial charge in [-0.3, -0.25) is 19.2 Å². The summed E-state index contributed by atoms with van der Waals surface area (Å²) >= 11 is 0. The molecule has 10 heteroatoms. The molecular formula is C41H43N3O7. The van der Waals surface area contributed by atoms with Gasteiger partial charge in [-0.15, -0.1) is 0 Å². The number of nitrogens with zero attached hydrogens (tertiary/aromatic N) is 3. The number of cyclic esters (lactones) is 1. The highest BCUT2D eigenvalue weighted by Crippen LogP contribution is 2.57. The Morgan fingerprint density at radius 3 is 2.24 bits per heavy atom. The lowest BCUT2D eigenvalue weighted by atomic mass is 9.74. The van der Waals surface area contributed by atoms with E-state index in [9.17, 15) is 19.5 Å². The van der Waals surface area contributed by atoms with Gasteiger partial charge in [0, 0.05) is 26.6 Å². The Labute approximate surface area is 297 Å². The van der Waals surface area contributed by atoms with Crippen molar-refractivity contribution in [3.63, 3.8) is 0 Å². The molecule has 1 spiro atoms. The van der Waals surface area contributed by atoms with Crippen molar-refractivity contribution in [3.05, 3.63) is 132 Å². The Kier molecular flexibility index (Phi) is 9.63. The summed E-state index contributed by atoms with van der Waals surface area (Å²) in [5, 5.41) is 10.9. The Morgan fingerprint density at radius 2 is 1.55 bits per heavy atom. The maximum absolute atomic E-state index is 15.1. The standard InChI is InChI=1S/C41H43N3O7/c1-27-36(30-19-11-5-12-20-30)50-40(49)34-32-22-23-41(51-32)35(34)38(47)44(31(26-45)29-17-9-4-10-18-29)37(41)39(48)43(25-28-15-7-3-8-16-28)24-14-6-13-21-33(46)42(27)2/h3-12,14-20,22-23,27,31-32,34-37,45H,13,21,24-26H2,1-2H3/b14-6-/t27-,31-,32+,34-,35-,36+,37+,41-/m1/s1. The minimum absolute atomic E-state index is 0.114. The van der Waals surface area contributed by atoms with Crippen LogP contribution in [0.15, 0.2) is 115 Å². The number of esters is 1. The predicted octanol–water partition coefficient (Wildman–Crippen LogP) is 4.38. The summed E-state index contributed by atoms with van der Waals surface area (Å²) in [6.45, 7) is 1.85. The van der Waals surface area contributed by atoms with E-state index in [1.165, 1.54) is 4.90 Å². The van der Waals surface area contributed by atoms with Crippen molar-refractivity contribution in [1.29, 1.82) is 0 Å². The number of amides is 3. The lowest BCUT2D eigenvalue weighted by molar-refractivity contribution is -0.164. The molecule has 3 aromatic carbocycles. The highest BCUT2D eigenvalue weighted by molar-refractivity contribution is 5.99. The third-order valence-electron chi connectivity index (χ3n) is 10.9. The normalized spacial score (nSPS) is 30.8. The molecule has 0 aliphatic carbocycles. The highest BCUT2D eigenvalue weighted by atomic mass is 16.6. The van der Waals surface area contributed by atoms with Crippen LogP contribution in [0.25, 0.3) is 0 Å². The number of fused-ring (bicyclic) bond motifs is 2. The number of likely N-dealkylation sites (N-methyl/N-ethyl adjacent to an activating group) is 1. The molecule has 4 aliphatic heterocycles. The van der Waals surface area contributed by atoms with Gasteiger partial charge in [-0.05, 0) is 30.0 Å². The third-order valence-corrected chi connectivity index (χ3v) is 10.9. The highest BCUT2D eigenvalue weighted by Gasteiger charge is 2.74. The van der Waals surface area contributed by atoms with Crippen LogP contribution >= 0.6 is 0 Å². The van der Waals surface area contributed by atoms with Crippen molar-refractivity contribution in [3.8, 4) is 0 Å². The number of likely N-dealkylation sites (tertiary alicyclic amines) is 1. The molecule has 0 saturated carbocycles. The van der Waals surface area contributed by atoms with Gasteiger partial charge in [0.1, 0.15) is 23.7 Å². The molecule has 3 aromatic rings. The van der Waals surface area contributed by atoms with Crippen molar-refractivity contribution >= 4 is 23.7 Å². The van der Waals surface area contributed by atoms with Crippen molar-refractivity contribution in [1.82, 2.24) is 14.7 Å². The van der Waals surface area contributed by atoms with E-state index in [0.29, 0.717) is 17.5 Å². The van der Waals surface area contributed by atoms with Crippen LogP contribution in [0.1, 0.15) is 48.6 Å². The van der Waals surface area contributed by atoms with Gasteiger partial charge >= 0.3 is 5.97 Å². The molecule has 8 atom stereocenters. The van der Waals surface area contributed by atoms with E-state index >= 15 is 4.79 Å². The van der Waals surface area contributed by atoms with E-state index in [1.807, 2.05) is 110 Å². The van der Waals surface area contributed by atoms with E-state index in [4.69, 9.17) is 9.47 Å². The summed E-state index contributed by atoms with van der Waals surface area (Å²) in [6.07, 6.45) is 6.31. The predicted molar refractivity (Wildman–Crippen MR) is 188 cm³/mol. The lowest BCUT2D eigenvalue weighted by Crippen LogP contribution is -2.56. The van der Waals surface area contributed by atoms with Crippen molar-refractivity contribution < 1.29 is 33.8 Å². The van der Waals surface area contributed by atoms with Crippen molar-refractivity contribution in [2.24, 2.45) is 11.8 Å². The van der Waals surface area contributed by atoms with Crippen LogP contribution in [0.4, 0.5) is 0 Å². The molecule has 1 N–H and O–H groups in total. The molecule has 4 aliphatic rings. The Morgan fingerprint density at radius 1 is 0.882 bits per heavy atom. The van der Waals surface area contributed by atoms with E-state index in [2.05, 4.69) is 0 Å². The van der Waals surface area contributed by atoms with Gasteiger partial charge in [0.05, 0.1) is 30.7 Å². The van der Waals surface area contributed by atoms with Crippen LogP contribution in [0.5, 0.6) is 0 Å². The number of aliphatic hydroxyl groups excluding tert-OH is 1. The second-order valence-corrected chi connectivity index (χ2v) is 13.8. The average molecular weight is 690 g/mol. The van der Waals surface area contributed by atoms with E-state index in [0.717, 1.165) is 5.56 Å². The summed E-state index contributed by atoms with van der Waals surface area (Å²) in [5.41, 5.74) is 0.780. The van der Waals surface area contributed by atoms with Crippen LogP contribution in [0.2, 0.25) is 0 Å². The molecule has 0 aromatic heterocycles. The summed E-state index contributed by atoms with van der Waals surface area (Å²) in [7, 11) is 1.70. The van der Waals surface area contributed by atoms with Gasteiger partial charge in [-0.25, -0.2) is 0 Å². The number of carbonyl (C=O) groups is 4. The number of ether oxygens (including phenoxy) is 2. The van der Waals surface area contributed by atoms with Gasteiger partial charge in [0.2, 0.25) is 17.7 Å². The molecule has 0 radical (unpaired) electrons. The zero-order chi connectivity index (χ0) is 35.7. The van der Waals surface area contributed by atoms with Gasteiger partial charge in [-0.2, -0.15) is 0 Å². The number of rotatable bonds is 6. The summed E-state index contributed by atoms with van der Waals surface area (Å²) < 4.78 is 13.0. The van der Waals surface area contributed by atoms with Crippen LogP contribution in [0.3, 0.4) is 0 Å². The fourth-order valence-corrected chi connectivity index (χ4v) is 8.16. The number of allylic oxidation sites excluding steroid dienone is 1. The van der Waals surface area contributed by atoms with Gasteiger partial charge < -0.3 is 29.3 Å². The Bertz CT molecular complexity index is 1820. The third kappa shape index (κ3) is 6.16. The molecule has 51 heavy (non-hydrogen) atoms. The van der Waals surface area contributed by atoms with E-state index in [1.54, 1.807) is 29.0 Å². The van der Waals surface area contributed by atoms with Crippen molar-refractivity contribution in [2.45, 2.75) is 62.2 Å². The largest absolute Gasteiger partial charge is 0.455 e. The molecule has 264 valence electrons. The SMILES string of the molecule is C[C@@H]1[C@@H](c2ccccc2)OC(=O)[C@@H]2[C@@H]3C=C[C@]4(O3)[C@H](C(=O)N(Cc3ccccc3)C/C=C\CCC(=O)N1C)N([C@H](CO)c1ccccc1)C(=O)[C@@H]24. The topological polar surface area (TPSA) is 117 Å². The zero-order valence-electron chi connectivity index (χ0n) is 28.8. The van der Waals surface area contributed by atoms with Gasteiger partial charge in [-0.1, -0.05) is 115 Å². The number of carbonyl (C=O) groups excluding carboxylic acids is 4. The molecule has 4 heterocycles. The first-order chi connectivity index (χ1) is 24.7. The zero-order valence-corrected chi connectivity index (χ0v) is 28.8. The number of hydrogen-bond donors (Lipinski definition) is 1. The molecule has 3 amide bonds. The maximum Gasteiger partial charge on any atom is 0.313 e. The van der Waals surface area contributed by atoms with E-state index < -0.39 is 66.3 Å². The Balaban J connectivity index is 1.35. The molecule has 7 rings (SSSR count). The van der Waals surface area contributed by atoms with Crippen LogP contribution in [-0.2, 0) is 35.2 Å². The first-order valence-corrected chi connectivity index (χ1v) is 17.6. The fourth-order valence-electron chi connectivity index (χ4n) is 8.16. The van der Waals surface area contributed by atoms with Crippen LogP contribution in [0, 0.1) is 11.8 Å². The Hall–Kier alpha value is -5.06. The maximum atomic E-state index is 15.1. The monoisotopic (exact) mass is 689 g/mol. The first-order valence-electron chi connectivity index (χ1n) is 17.6. The summed E-state index contributed by atoms with van der Waals surface area (Å²) in [6, 6.07) is 25.3. The molecule has 10 nitrogen and oxygen atoms in total. The molecular weight excluding hydrogens is 646 g/mol. The average Bonchev–Trinajstić information content (AvgIpc) is 3.81. The molecule has 5 bridgehead atoms. The molecule has 2 saturated heterocycles. The number of aliphatic hydroxyl groups is 1. The minimum Gasteiger partial charge on any atom is -0.455 e. The summed E-state index contributed by atoms with van der Waals surface area (Å²) in [4.78, 5) is 62.7. The van der Waals surface area contributed by atoms with Gasteiger partial charge in [0.15, 0.2) is 0 Å². The van der Waals surface area contributed by atoms with Gasteiger partial charge in [0.25, 0.3) is 0 Å². The second-order valence-electron chi connectivity index (χ2n) is 13.8. The van der Waals surface area contributed by atoms with Crippen LogP contribution in [-0.4, -0.2) is 87.5 Å². The first kappa shape index (κ1) is 34.4. The summed E-state index contributed by atoms with van der Waals surface area (Å²) in [5.74, 6) is -3.73. The lowest BCUT2D eigenvalue weighted by Gasteiger charge is -2.39. The van der Waals surface area contributed by atoms with E-state index in [-0.39, 0.29) is 31.3 Å². The van der Waals surface area contributed by atoms with Crippen LogP contribution < -0.4 is 0 Å². The number of hydrogen-bond acceptors (Lipinski definition) is 7. The van der Waals surface area contributed by atoms with Crippen molar-refractivity contribution in [2.75, 3.05) is 20.2 Å². The smallest absolute Gasteiger partial charge is 0.313 e. The fraction of sp³-hybridized carbons (Fsp3) is 0.366. The number of benzene rings is 3. The molecule has 2 fully saturated rings. The molecule has 0 unspecified atom stereocenters. The minimum atomic E-state index is -1.47.